The molecule has 3 aromatic rings. The molecule has 0 bridgehead atoms. The Hall–Kier alpha value is -3.17. The molecule has 0 radical (unpaired) electrons. The van der Waals surface area contributed by atoms with Gasteiger partial charge >= 0.3 is 5.97 Å². The lowest BCUT2D eigenvalue weighted by molar-refractivity contribution is -0.123. The van der Waals surface area contributed by atoms with Crippen LogP contribution in [-0.2, 0) is 32.4 Å². The molecule has 0 unspecified atom stereocenters. The molecule has 0 fully saturated rings. The van der Waals surface area contributed by atoms with Crippen LogP contribution in [-0.4, -0.2) is 49.8 Å². The van der Waals surface area contributed by atoms with Crippen LogP contribution in [0.5, 0.6) is 0 Å². The number of H-pyrrole nitrogens is 1. The molecule has 2 aromatic carbocycles. The van der Waals surface area contributed by atoms with E-state index in [2.05, 4.69) is 17.2 Å². The monoisotopic (exact) mass is 497 g/mol. The van der Waals surface area contributed by atoms with Gasteiger partial charge in [-0.05, 0) is 80.5 Å². The molecule has 4 rings (SSSR count). The number of aromatic amines is 1. The number of anilines is 1. The SMILES string of the molecule is Cc1ccc(S(=O)(=O)N(C)C)cc1NC(=O)[C@H](C)OC(=O)c1ccc2[nH]c3c(c2c1)C[C@@H](C)CC3. The number of fused-ring (bicyclic) bond motifs is 3. The van der Waals surface area contributed by atoms with E-state index in [9.17, 15) is 18.0 Å². The Bertz CT molecular complexity index is 1410. The number of nitrogens with one attached hydrogen (secondary N) is 2. The number of hydrogen-bond acceptors (Lipinski definition) is 5. The van der Waals surface area contributed by atoms with Crippen LogP contribution in [0.15, 0.2) is 41.3 Å². The number of nitrogens with zero attached hydrogens (tertiary/aromatic N) is 1. The topological polar surface area (TPSA) is 109 Å². The Morgan fingerprint density at radius 2 is 1.91 bits per heavy atom. The van der Waals surface area contributed by atoms with Gasteiger partial charge in [0.05, 0.1) is 10.5 Å². The first-order valence-corrected chi connectivity index (χ1v) is 13.1. The average Bonchev–Trinajstić information content (AvgIpc) is 3.17. The van der Waals surface area contributed by atoms with E-state index < -0.39 is 28.0 Å². The van der Waals surface area contributed by atoms with Crippen molar-refractivity contribution < 1.29 is 22.7 Å². The number of rotatable bonds is 6. The van der Waals surface area contributed by atoms with Crippen molar-refractivity contribution in [1.82, 2.24) is 9.29 Å². The molecule has 0 saturated heterocycles. The van der Waals surface area contributed by atoms with Crippen molar-refractivity contribution in [1.29, 1.82) is 0 Å². The summed E-state index contributed by atoms with van der Waals surface area (Å²) >= 11 is 0. The van der Waals surface area contributed by atoms with Gasteiger partial charge in [-0.1, -0.05) is 13.0 Å². The molecule has 1 heterocycles. The number of benzene rings is 2. The normalized spacial score (nSPS) is 16.7. The highest BCUT2D eigenvalue weighted by atomic mass is 32.2. The number of carbonyl (C=O) groups is 2. The Labute approximate surface area is 205 Å². The van der Waals surface area contributed by atoms with Crippen molar-refractivity contribution in [3.05, 3.63) is 58.8 Å². The van der Waals surface area contributed by atoms with Crippen LogP contribution >= 0.6 is 0 Å². The van der Waals surface area contributed by atoms with Gasteiger partial charge in [0, 0.05) is 36.4 Å². The third-order valence-corrected chi connectivity index (χ3v) is 8.38. The first-order valence-electron chi connectivity index (χ1n) is 11.7. The summed E-state index contributed by atoms with van der Waals surface area (Å²) in [4.78, 5) is 29.1. The zero-order valence-corrected chi connectivity index (χ0v) is 21.5. The quantitative estimate of drug-likeness (QED) is 0.500. The maximum Gasteiger partial charge on any atom is 0.338 e. The highest BCUT2D eigenvalue weighted by molar-refractivity contribution is 7.89. The highest BCUT2D eigenvalue weighted by Gasteiger charge is 2.24. The zero-order valence-electron chi connectivity index (χ0n) is 20.6. The summed E-state index contributed by atoms with van der Waals surface area (Å²) in [6.07, 6.45) is 2.03. The Morgan fingerprint density at radius 3 is 2.63 bits per heavy atom. The fourth-order valence-corrected chi connectivity index (χ4v) is 5.27. The molecule has 0 spiro atoms. The van der Waals surface area contributed by atoms with Gasteiger partial charge in [0.15, 0.2) is 6.10 Å². The van der Waals surface area contributed by atoms with Gasteiger partial charge in [-0.25, -0.2) is 17.5 Å². The van der Waals surface area contributed by atoms with Crippen molar-refractivity contribution in [3.8, 4) is 0 Å². The second kappa shape index (κ2) is 9.47. The van der Waals surface area contributed by atoms with Crippen LogP contribution in [0.1, 0.15) is 47.4 Å². The van der Waals surface area contributed by atoms with E-state index >= 15 is 0 Å². The predicted molar refractivity (Wildman–Crippen MR) is 135 cm³/mol. The van der Waals surface area contributed by atoms with Gasteiger partial charge in [-0.2, -0.15) is 0 Å². The lowest BCUT2D eigenvalue weighted by atomic mass is 9.87. The van der Waals surface area contributed by atoms with Gasteiger partial charge < -0.3 is 15.0 Å². The van der Waals surface area contributed by atoms with Crippen LogP contribution in [0.4, 0.5) is 5.69 Å². The minimum atomic E-state index is -3.66. The molecule has 0 aliphatic heterocycles. The van der Waals surface area contributed by atoms with Crippen LogP contribution < -0.4 is 5.32 Å². The standard InChI is InChI=1S/C26H31N3O5S/c1-15-6-10-22-20(12-15)21-13-18(8-11-23(21)27-22)26(31)34-17(3)25(30)28-24-14-19(9-7-16(24)2)35(32,33)29(4)5/h7-9,11,13-15,17,27H,6,10,12H2,1-5H3,(H,28,30)/t15-,17-/m0/s1. The molecule has 1 aromatic heterocycles. The number of aromatic nitrogens is 1. The van der Waals surface area contributed by atoms with Gasteiger partial charge in [0.2, 0.25) is 10.0 Å². The first-order chi connectivity index (χ1) is 16.5. The lowest BCUT2D eigenvalue weighted by Gasteiger charge is -2.18. The number of aryl methyl sites for hydroxylation is 2. The summed E-state index contributed by atoms with van der Waals surface area (Å²) in [5.41, 5.74) is 4.89. The Kier molecular flexibility index (Phi) is 6.75. The molecule has 1 aliphatic rings. The Morgan fingerprint density at radius 1 is 1.17 bits per heavy atom. The molecular formula is C26H31N3O5S. The van der Waals surface area contributed by atoms with Crippen molar-refractivity contribution in [3.63, 3.8) is 0 Å². The van der Waals surface area contributed by atoms with Gasteiger partial charge in [-0.15, -0.1) is 0 Å². The molecule has 1 aliphatic carbocycles. The van der Waals surface area contributed by atoms with Gasteiger partial charge in [0.25, 0.3) is 5.91 Å². The molecule has 8 nitrogen and oxygen atoms in total. The van der Waals surface area contributed by atoms with E-state index in [1.165, 1.54) is 44.4 Å². The molecule has 0 saturated carbocycles. The lowest BCUT2D eigenvalue weighted by Crippen LogP contribution is -2.30. The maximum absolute atomic E-state index is 12.8. The second-order valence-corrected chi connectivity index (χ2v) is 11.6. The third-order valence-electron chi connectivity index (χ3n) is 6.57. The maximum atomic E-state index is 12.8. The number of ether oxygens (including phenoxy) is 1. The predicted octanol–water partition coefficient (Wildman–Crippen LogP) is 4.04. The highest BCUT2D eigenvalue weighted by Crippen LogP contribution is 2.32. The number of carbonyl (C=O) groups excluding carboxylic acids is 2. The van der Waals surface area contributed by atoms with Crippen LogP contribution in [0, 0.1) is 12.8 Å². The minimum absolute atomic E-state index is 0.0607. The molecule has 9 heteroatoms. The van der Waals surface area contributed by atoms with E-state index in [0.29, 0.717) is 22.7 Å². The van der Waals surface area contributed by atoms with Crippen LogP contribution in [0.25, 0.3) is 10.9 Å². The Balaban J connectivity index is 1.49. The summed E-state index contributed by atoms with van der Waals surface area (Å²) in [6, 6.07) is 9.91. The number of sulfonamides is 1. The fraction of sp³-hybridized carbons (Fsp3) is 0.385. The average molecular weight is 498 g/mol. The largest absolute Gasteiger partial charge is 0.449 e. The second-order valence-electron chi connectivity index (χ2n) is 9.49. The summed E-state index contributed by atoms with van der Waals surface area (Å²) in [6.45, 7) is 5.47. The first kappa shape index (κ1) is 24.9. The van der Waals surface area contributed by atoms with E-state index in [1.54, 1.807) is 19.1 Å². The summed E-state index contributed by atoms with van der Waals surface area (Å²) in [7, 11) is -0.775. The molecule has 2 atom stereocenters. The summed E-state index contributed by atoms with van der Waals surface area (Å²) < 4.78 is 31.4. The smallest absolute Gasteiger partial charge is 0.338 e. The fourth-order valence-electron chi connectivity index (χ4n) is 4.34. The number of amides is 1. The van der Waals surface area contributed by atoms with Gasteiger partial charge in [0.1, 0.15) is 0 Å². The van der Waals surface area contributed by atoms with E-state index in [4.69, 9.17) is 4.74 Å². The van der Waals surface area contributed by atoms with Crippen LogP contribution in [0.3, 0.4) is 0 Å². The molecule has 2 N–H and O–H groups in total. The van der Waals surface area contributed by atoms with E-state index in [-0.39, 0.29) is 4.90 Å². The minimum Gasteiger partial charge on any atom is -0.449 e. The summed E-state index contributed by atoms with van der Waals surface area (Å²) in [5, 5.41) is 3.71. The van der Waals surface area contributed by atoms with Crippen molar-refractivity contribution in [2.45, 2.75) is 51.0 Å². The van der Waals surface area contributed by atoms with E-state index in [1.807, 2.05) is 12.1 Å². The molecular weight excluding hydrogens is 466 g/mol. The van der Waals surface area contributed by atoms with Gasteiger partial charge in [-0.3, -0.25) is 4.79 Å². The van der Waals surface area contributed by atoms with E-state index in [0.717, 1.165) is 34.5 Å². The number of esters is 1. The van der Waals surface area contributed by atoms with Crippen molar-refractivity contribution >= 4 is 38.5 Å². The third kappa shape index (κ3) is 4.97. The zero-order chi connectivity index (χ0) is 25.5. The molecule has 186 valence electrons. The van der Waals surface area contributed by atoms with Crippen molar-refractivity contribution in [2.75, 3.05) is 19.4 Å². The van der Waals surface area contributed by atoms with Crippen LogP contribution in [0.2, 0.25) is 0 Å². The van der Waals surface area contributed by atoms with Crippen molar-refractivity contribution in [2.24, 2.45) is 5.92 Å². The number of hydrogen-bond donors (Lipinski definition) is 2. The summed E-state index contributed by atoms with van der Waals surface area (Å²) in [5.74, 6) is -0.542. The molecule has 35 heavy (non-hydrogen) atoms. The molecule has 1 amide bonds.